The molecule has 3 heteroatoms. The van der Waals surface area contributed by atoms with E-state index in [1.54, 1.807) is 11.8 Å². The smallest absolute Gasteiger partial charge is 0.219 e. The Morgan fingerprint density at radius 2 is 1.52 bits per heavy atom. The van der Waals surface area contributed by atoms with Gasteiger partial charge in [-0.25, -0.2) is 0 Å². The number of benzene rings is 2. The van der Waals surface area contributed by atoms with Crippen molar-refractivity contribution in [2.45, 2.75) is 19.3 Å². The standard InChI is InChI=1S/C20H21NO2/c1-15(22)21-13-12-19(23)18(14-21)20(16-8-4-2-5-9-16)17-10-6-3-7-11-17/h2-11,18,20H,12-14H2,1H3/t18-/m1/s1. The van der Waals surface area contributed by atoms with Crippen molar-refractivity contribution in [3.8, 4) is 0 Å². The molecule has 1 aliphatic heterocycles. The van der Waals surface area contributed by atoms with E-state index in [1.165, 1.54) is 0 Å². The van der Waals surface area contributed by atoms with Crippen LogP contribution < -0.4 is 0 Å². The summed E-state index contributed by atoms with van der Waals surface area (Å²) in [4.78, 5) is 26.2. The van der Waals surface area contributed by atoms with Gasteiger partial charge in [-0.2, -0.15) is 0 Å². The Morgan fingerprint density at radius 1 is 1.00 bits per heavy atom. The van der Waals surface area contributed by atoms with Crippen LogP contribution in [0.15, 0.2) is 60.7 Å². The Morgan fingerprint density at radius 3 is 2.00 bits per heavy atom. The minimum absolute atomic E-state index is 0.00736. The fraction of sp³-hybridized carbons (Fsp3) is 0.300. The van der Waals surface area contributed by atoms with E-state index >= 15 is 0 Å². The van der Waals surface area contributed by atoms with Crippen LogP contribution in [-0.2, 0) is 9.59 Å². The van der Waals surface area contributed by atoms with E-state index in [4.69, 9.17) is 0 Å². The molecule has 0 unspecified atom stereocenters. The highest BCUT2D eigenvalue weighted by molar-refractivity contribution is 5.86. The minimum Gasteiger partial charge on any atom is -0.342 e. The Labute approximate surface area is 136 Å². The number of hydrogen-bond acceptors (Lipinski definition) is 2. The molecule has 3 rings (SSSR count). The third-order valence-electron chi connectivity index (χ3n) is 4.62. The van der Waals surface area contributed by atoms with E-state index in [9.17, 15) is 9.59 Å². The van der Waals surface area contributed by atoms with Crippen molar-refractivity contribution in [2.24, 2.45) is 5.92 Å². The lowest BCUT2D eigenvalue weighted by atomic mass is 9.76. The predicted octanol–water partition coefficient (Wildman–Crippen LogP) is 3.26. The summed E-state index contributed by atoms with van der Waals surface area (Å²) in [6, 6.07) is 20.2. The van der Waals surface area contributed by atoms with Gasteiger partial charge in [-0.3, -0.25) is 9.59 Å². The number of hydrogen-bond donors (Lipinski definition) is 0. The number of nitrogens with zero attached hydrogens (tertiary/aromatic N) is 1. The maximum Gasteiger partial charge on any atom is 0.219 e. The molecule has 1 atom stereocenters. The van der Waals surface area contributed by atoms with Crippen molar-refractivity contribution in [2.75, 3.05) is 13.1 Å². The van der Waals surface area contributed by atoms with Crippen molar-refractivity contribution >= 4 is 11.7 Å². The molecule has 1 saturated heterocycles. The van der Waals surface area contributed by atoms with Crippen LogP contribution in [0.4, 0.5) is 0 Å². The van der Waals surface area contributed by atoms with Crippen LogP contribution in [0, 0.1) is 5.92 Å². The Bertz CT molecular complexity index is 642. The molecular formula is C20H21NO2. The summed E-state index contributed by atoms with van der Waals surface area (Å²) >= 11 is 0. The van der Waals surface area contributed by atoms with Crippen LogP contribution in [0.3, 0.4) is 0 Å². The summed E-state index contributed by atoms with van der Waals surface area (Å²) in [5.74, 6) is 0.104. The van der Waals surface area contributed by atoms with Crippen molar-refractivity contribution < 1.29 is 9.59 Å². The molecule has 0 N–H and O–H groups in total. The van der Waals surface area contributed by atoms with Gasteiger partial charge in [0.2, 0.25) is 5.91 Å². The fourth-order valence-corrected chi connectivity index (χ4v) is 3.42. The molecule has 3 nitrogen and oxygen atoms in total. The molecule has 0 spiro atoms. The third-order valence-corrected chi connectivity index (χ3v) is 4.62. The average molecular weight is 307 g/mol. The van der Waals surface area contributed by atoms with Crippen molar-refractivity contribution in [1.82, 2.24) is 4.90 Å². The number of rotatable bonds is 3. The molecule has 1 aliphatic rings. The number of carbonyl (C=O) groups excluding carboxylic acids is 2. The van der Waals surface area contributed by atoms with E-state index in [0.717, 1.165) is 11.1 Å². The van der Waals surface area contributed by atoms with Crippen LogP contribution in [0.25, 0.3) is 0 Å². The normalized spacial score (nSPS) is 18.3. The van der Waals surface area contributed by atoms with Gasteiger partial charge in [0, 0.05) is 38.3 Å². The van der Waals surface area contributed by atoms with Crippen LogP contribution in [0.1, 0.15) is 30.4 Å². The van der Waals surface area contributed by atoms with Gasteiger partial charge in [0.15, 0.2) is 0 Å². The van der Waals surface area contributed by atoms with Gasteiger partial charge in [-0.15, -0.1) is 0 Å². The number of amides is 1. The van der Waals surface area contributed by atoms with Gasteiger partial charge in [0.1, 0.15) is 5.78 Å². The van der Waals surface area contributed by atoms with Gasteiger partial charge in [-0.1, -0.05) is 60.7 Å². The number of likely N-dealkylation sites (tertiary alicyclic amines) is 1. The average Bonchev–Trinajstić information content (AvgIpc) is 2.58. The Balaban J connectivity index is 2.01. The molecule has 0 bridgehead atoms. The van der Waals surface area contributed by atoms with Crippen LogP contribution in [-0.4, -0.2) is 29.7 Å². The molecule has 23 heavy (non-hydrogen) atoms. The highest BCUT2D eigenvalue weighted by atomic mass is 16.2. The lowest BCUT2D eigenvalue weighted by molar-refractivity contribution is -0.135. The first-order valence-electron chi connectivity index (χ1n) is 8.05. The zero-order chi connectivity index (χ0) is 16.2. The number of ketones is 1. The largest absolute Gasteiger partial charge is 0.342 e. The van der Waals surface area contributed by atoms with Crippen LogP contribution in [0.5, 0.6) is 0 Å². The van der Waals surface area contributed by atoms with Gasteiger partial charge in [-0.05, 0) is 11.1 Å². The molecule has 118 valence electrons. The van der Waals surface area contributed by atoms with Crippen molar-refractivity contribution in [3.05, 3.63) is 71.8 Å². The summed E-state index contributed by atoms with van der Waals surface area (Å²) < 4.78 is 0. The van der Waals surface area contributed by atoms with Gasteiger partial charge in [0.05, 0.1) is 0 Å². The van der Waals surface area contributed by atoms with Gasteiger partial charge >= 0.3 is 0 Å². The van der Waals surface area contributed by atoms with E-state index in [0.29, 0.717) is 19.5 Å². The first kappa shape index (κ1) is 15.5. The first-order valence-corrected chi connectivity index (χ1v) is 8.05. The molecule has 0 saturated carbocycles. The topological polar surface area (TPSA) is 37.4 Å². The highest BCUT2D eigenvalue weighted by Crippen LogP contribution is 2.35. The fourth-order valence-electron chi connectivity index (χ4n) is 3.42. The zero-order valence-corrected chi connectivity index (χ0v) is 13.3. The number of Topliss-reactive ketones (excluding diaryl/α,β-unsaturated/α-hetero) is 1. The summed E-state index contributed by atoms with van der Waals surface area (Å²) in [6.07, 6.45) is 0.445. The maximum atomic E-state index is 12.6. The second-order valence-corrected chi connectivity index (χ2v) is 6.09. The lowest BCUT2D eigenvalue weighted by Crippen LogP contribution is -2.45. The van der Waals surface area contributed by atoms with E-state index < -0.39 is 0 Å². The number of piperidine rings is 1. The second kappa shape index (κ2) is 6.78. The van der Waals surface area contributed by atoms with E-state index in [2.05, 4.69) is 24.3 Å². The molecular weight excluding hydrogens is 286 g/mol. The van der Waals surface area contributed by atoms with Crippen molar-refractivity contribution in [1.29, 1.82) is 0 Å². The van der Waals surface area contributed by atoms with E-state index in [1.807, 2.05) is 36.4 Å². The summed E-state index contributed by atoms with van der Waals surface area (Å²) in [7, 11) is 0. The molecule has 0 aromatic heterocycles. The maximum absolute atomic E-state index is 12.6. The Hall–Kier alpha value is -2.42. The molecule has 1 fully saturated rings. The molecule has 0 radical (unpaired) electrons. The SMILES string of the molecule is CC(=O)N1CCC(=O)[C@H](C(c2ccccc2)c2ccccc2)C1. The van der Waals surface area contributed by atoms with Gasteiger partial charge < -0.3 is 4.90 Å². The van der Waals surface area contributed by atoms with Gasteiger partial charge in [0.25, 0.3) is 0 Å². The second-order valence-electron chi connectivity index (χ2n) is 6.09. The zero-order valence-electron chi connectivity index (χ0n) is 13.3. The molecule has 1 heterocycles. The quantitative estimate of drug-likeness (QED) is 0.873. The first-order chi connectivity index (χ1) is 11.2. The monoisotopic (exact) mass is 307 g/mol. The van der Waals surface area contributed by atoms with Crippen LogP contribution >= 0.6 is 0 Å². The molecule has 2 aromatic carbocycles. The lowest BCUT2D eigenvalue weighted by Gasteiger charge is -2.36. The summed E-state index contributed by atoms with van der Waals surface area (Å²) in [5, 5.41) is 0. The highest BCUT2D eigenvalue weighted by Gasteiger charge is 2.35. The number of carbonyl (C=O) groups is 2. The van der Waals surface area contributed by atoms with E-state index in [-0.39, 0.29) is 23.5 Å². The molecule has 1 amide bonds. The summed E-state index contributed by atoms with van der Waals surface area (Å²) in [6.45, 7) is 2.62. The predicted molar refractivity (Wildman–Crippen MR) is 90.1 cm³/mol. The Kier molecular flexibility index (Phi) is 4.56. The minimum atomic E-state index is -0.183. The summed E-state index contributed by atoms with van der Waals surface area (Å²) in [5.41, 5.74) is 2.25. The third kappa shape index (κ3) is 3.34. The van der Waals surface area contributed by atoms with Crippen LogP contribution in [0.2, 0.25) is 0 Å². The molecule has 0 aliphatic carbocycles. The molecule has 2 aromatic rings. The van der Waals surface area contributed by atoms with Crippen molar-refractivity contribution in [3.63, 3.8) is 0 Å².